The molecule has 0 aliphatic heterocycles. The van der Waals surface area contributed by atoms with Gasteiger partial charge in [0.25, 0.3) is 0 Å². The van der Waals surface area contributed by atoms with Crippen LogP contribution in [0.15, 0.2) is 30.3 Å². The molecule has 0 saturated heterocycles. The summed E-state index contributed by atoms with van der Waals surface area (Å²) in [5.41, 5.74) is 1.21. The SMILES string of the molecule is COCc1cc(Cl)nc(NCc2ccccc2F)n1. The molecule has 0 atom stereocenters. The number of benzene rings is 1. The zero-order valence-corrected chi connectivity index (χ0v) is 11.1. The molecule has 0 spiro atoms. The summed E-state index contributed by atoms with van der Waals surface area (Å²) in [6.45, 7) is 0.635. The van der Waals surface area contributed by atoms with E-state index in [1.165, 1.54) is 6.07 Å². The number of ether oxygens (including phenoxy) is 1. The summed E-state index contributed by atoms with van der Waals surface area (Å²) in [7, 11) is 1.57. The zero-order valence-electron chi connectivity index (χ0n) is 10.4. The highest BCUT2D eigenvalue weighted by Crippen LogP contribution is 2.13. The van der Waals surface area contributed by atoms with Crippen LogP contribution in [0.1, 0.15) is 11.3 Å². The highest BCUT2D eigenvalue weighted by molar-refractivity contribution is 6.29. The molecular formula is C13H13ClFN3O. The van der Waals surface area contributed by atoms with Crippen molar-refractivity contribution in [3.63, 3.8) is 0 Å². The van der Waals surface area contributed by atoms with E-state index in [1.807, 2.05) is 0 Å². The number of aromatic nitrogens is 2. The maximum absolute atomic E-state index is 13.4. The number of nitrogens with zero attached hydrogens (tertiary/aromatic N) is 2. The Labute approximate surface area is 115 Å². The Morgan fingerprint density at radius 3 is 2.84 bits per heavy atom. The number of rotatable bonds is 5. The van der Waals surface area contributed by atoms with Crippen molar-refractivity contribution in [1.82, 2.24) is 9.97 Å². The molecule has 100 valence electrons. The van der Waals surface area contributed by atoms with Crippen molar-refractivity contribution < 1.29 is 9.13 Å². The molecule has 1 aromatic carbocycles. The predicted molar refractivity (Wildman–Crippen MR) is 71.5 cm³/mol. The van der Waals surface area contributed by atoms with Gasteiger partial charge in [0.1, 0.15) is 11.0 Å². The topological polar surface area (TPSA) is 47.0 Å². The predicted octanol–water partition coefficient (Wildman–Crippen LogP) is 3.03. The summed E-state index contributed by atoms with van der Waals surface area (Å²) in [5.74, 6) is 0.0805. The number of halogens is 2. The lowest BCUT2D eigenvalue weighted by atomic mass is 10.2. The Balaban J connectivity index is 2.09. The van der Waals surface area contributed by atoms with E-state index in [0.29, 0.717) is 35.5 Å². The maximum Gasteiger partial charge on any atom is 0.224 e. The minimum Gasteiger partial charge on any atom is -0.378 e. The molecule has 4 nitrogen and oxygen atoms in total. The van der Waals surface area contributed by atoms with E-state index in [4.69, 9.17) is 16.3 Å². The van der Waals surface area contributed by atoms with Crippen molar-refractivity contribution in [1.29, 1.82) is 0 Å². The highest BCUT2D eigenvalue weighted by Gasteiger charge is 2.05. The molecule has 0 amide bonds. The second kappa shape index (κ2) is 6.45. The normalized spacial score (nSPS) is 10.5. The first kappa shape index (κ1) is 13.7. The van der Waals surface area contributed by atoms with Crippen molar-refractivity contribution in [2.24, 2.45) is 0 Å². The van der Waals surface area contributed by atoms with Gasteiger partial charge in [-0.3, -0.25) is 0 Å². The summed E-state index contributed by atoms with van der Waals surface area (Å²) in [6, 6.07) is 8.15. The van der Waals surface area contributed by atoms with Crippen LogP contribution in [-0.4, -0.2) is 17.1 Å². The second-order valence-corrected chi connectivity index (χ2v) is 4.27. The van der Waals surface area contributed by atoms with Gasteiger partial charge in [0.05, 0.1) is 12.3 Å². The van der Waals surface area contributed by atoms with Crippen molar-refractivity contribution in [3.05, 3.63) is 52.6 Å². The van der Waals surface area contributed by atoms with E-state index in [9.17, 15) is 4.39 Å². The van der Waals surface area contributed by atoms with E-state index in [0.717, 1.165) is 0 Å². The third kappa shape index (κ3) is 3.87. The van der Waals surface area contributed by atoms with Gasteiger partial charge in [-0.15, -0.1) is 0 Å². The largest absolute Gasteiger partial charge is 0.378 e. The van der Waals surface area contributed by atoms with Gasteiger partial charge in [0.15, 0.2) is 0 Å². The quantitative estimate of drug-likeness (QED) is 0.856. The van der Waals surface area contributed by atoms with Crippen LogP contribution in [0.25, 0.3) is 0 Å². The second-order valence-electron chi connectivity index (χ2n) is 3.88. The van der Waals surface area contributed by atoms with Gasteiger partial charge in [-0.25, -0.2) is 14.4 Å². The lowest BCUT2D eigenvalue weighted by molar-refractivity contribution is 0.181. The fraction of sp³-hybridized carbons (Fsp3) is 0.231. The van der Waals surface area contributed by atoms with Crippen LogP contribution in [0.3, 0.4) is 0 Å². The van der Waals surface area contributed by atoms with Gasteiger partial charge in [-0.05, 0) is 12.1 Å². The summed E-state index contributed by atoms with van der Waals surface area (Å²) >= 11 is 5.88. The van der Waals surface area contributed by atoms with Crippen LogP contribution in [0.4, 0.5) is 10.3 Å². The van der Waals surface area contributed by atoms with Crippen molar-refractivity contribution in [2.75, 3.05) is 12.4 Å². The van der Waals surface area contributed by atoms with Gasteiger partial charge >= 0.3 is 0 Å². The third-order valence-electron chi connectivity index (χ3n) is 2.43. The first-order valence-electron chi connectivity index (χ1n) is 5.68. The monoisotopic (exact) mass is 281 g/mol. The number of hydrogen-bond donors (Lipinski definition) is 1. The van der Waals surface area contributed by atoms with Crippen LogP contribution in [0.2, 0.25) is 5.15 Å². The molecule has 0 aliphatic carbocycles. The van der Waals surface area contributed by atoms with E-state index in [1.54, 1.807) is 31.4 Å². The number of methoxy groups -OCH3 is 1. The lowest BCUT2D eigenvalue weighted by Crippen LogP contribution is -2.07. The molecule has 0 aliphatic rings. The summed E-state index contributed by atoms with van der Waals surface area (Å²) in [5, 5.41) is 3.26. The van der Waals surface area contributed by atoms with Gasteiger partial charge in [0.2, 0.25) is 5.95 Å². The molecule has 1 aromatic heterocycles. The highest BCUT2D eigenvalue weighted by atomic mass is 35.5. The molecule has 2 aromatic rings. The standard InChI is InChI=1S/C13H13ClFN3O/c1-19-8-10-6-12(14)18-13(17-10)16-7-9-4-2-3-5-11(9)15/h2-6H,7-8H2,1H3,(H,16,17,18). The molecule has 0 saturated carbocycles. The smallest absolute Gasteiger partial charge is 0.224 e. The first-order valence-corrected chi connectivity index (χ1v) is 6.06. The molecular weight excluding hydrogens is 269 g/mol. The van der Waals surface area contributed by atoms with E-state index in [-0.39, 0.29) is 5.82 Å². The van der Waals surface area contributed by atoms with Crippen molar-refractivity contribution in [3.8, 4) is 0 Å². The molecule has 19 heavy (non-hydrogen) atoms. The average Bonchev–Trinajstić information content (AvgIpc) is 2.37. The molecule has 0 radical (unpaired) electrons. The average molecular weight is 282 g/mol. The fourth-order valence-corrected chi connectivity index (χ4v) is 1.79. The van der Waals surface area contributed by atoms with Crippen molar-refractivity contribution in [2.45, 2.75) is 13.2 Å². The Kier molecular flexibility index (Phi) is 4.65. The Hall–Kier alpha value is -1.72. The maximum atomic E-state index is 13.4. The molecule has 0 fully saturated rings. The van der Waals surface area contributed by atoms with Crippen LogP contribution >= 0.6 is 11.6 Å². The minimum atomic E-state index is -0.269. The summed E-state index contributed by atoms with van der Waals surface area (Å²) < 4.78 is 18.4. The number of hydrogen-bond acceptors (Lipinski definition) is 4. The van der Waals surface area contributed by atoms with Crippen LogP contribution in [0.5, 0.6) is 0 Å². The number of anilines is 1. The van der Waals surface area contributed by atoms with Crippen molar-refractivity contribution >= 4 is 17.5 Å². The van der Waals surface area contributed by atoms with Gasteiger partial charge in [-0.1, -0.05) is 29.8 Å². The van der Waals surface area contributed by atoms with E-state index >= 15 is 0 Å². The summed E-state index contributed by atoms with van der Waals surface area (Å²) in [4.78, 5) is 8.24. The number of nitrogens with one attached hydrogen (secondary N) is 1. The molecule has 0 unspecified atom stereocenters. The van der Waals surface area contributed by atoms with Crippen LogP contribution < -0.4 is 5.32 Å². The first-order chi connectivity index (χ1) is 9.19. The Morgan fingerprint density at radius 1 is 1.32 bits per heavy atom. The molecule has 1 heterocycles. The van der Waals surface area contributed by atoms with Gasteiger partial charge in [0, 0.05) is 19.2 Å². The Bertz CT molecular complexity index is 565. The molecule has 1 N–H and O–H groups in total. The van der Waals surface area contributed by atoms with Crippen LogP contribution in [0, 0.1) is 5.82 Å². The Morgan fingerprint density at radius 2 is 2.11 bits per heavy atom. The fourth-order valence-electron chi connectivity index (χ4n) is 1.58. The third-order valence-corrected chi connectivity index (χ3v) is 2.63. The molecule has 0 bridgehead atoms. The van der Waals surface area contributed by atoms with Gasteiger partial charge < -0.3 is 10.1 Å². The van der Waals surface area contributed by atoms with E-state index < -0.39 is 0 Å². The molecule has 6 heteroatoms. The van der Waals surface area contributed by atoms with E-state index in [2.05, 4.69) is 15.3 Å². The van der Waals surface area contributed by atoms with Crippen LogP contribution in [-0.2, 0) is 17.9 Å². The summed E-state index contributed by atoms with van der Waals surface area (Å²) in [6.07, 6.45) is 0. The minimum absolute atomic E-state index is 0.269. The zero-order chi connectivity index (χ0) is 13.7. The molecule has 2 rings (SSSR count). The van der Waals surface area contributed by atoms with Gasteiger partial charge in [-0.2, -0.15) is 0 Å². The lowest BCUT2D eigenvalue weighted by Gasteiger charge is -2.08.